The van der Waals surface area contributed by atoms with Gasteiger partial charge in [-0.05, 0) is 29.7 Å². The van der Waals surface area contributed by atoms with Crippen LogP contribution in [0.25, 0.3) is 21.5 Å². The Labute approximate surface area is 228 Å². The number of benzene rings is 4. The summed E-state index contributed by atoms with van der Waals surface area (Å²) < 4.78 is 65.8. The number of rotatable bonds is 4. The van der Waals surface area contributed by atoms with Gasteiger partial charge >= 0.3 is 59.1 Å². The van der Waals surface area contributed by atoms with Gasteiger partial charge in [0.05, 0.1) is 11.4 Å². The van der Waals surface area contributed by atoms with Crippen LogP contribution in [-0.2, 0) is 20.2 Å². The van der Waals surface area contributed by atoms with Crippen LogP contribution >= 0.6 is 0 Å². The molecule has 0 saturated carbocycles. The van der Waals surface area contributed by atoms with E-state index in [0.29, 0.717) is 21.8 Å². The first kappa shape index (κ1) is 27.1. The number of hydrogen-bond acceptors (Lipinski definition) is 6. The second-order valence-corrected chi connectivity index (χ2v) is 9.22. The molecule has 0 radical (unpaired) electrons. The molecule has 0 fully saturated rings. The van der Waals surface area contributed by atoms with Crippen molar-refractivity contribution in [2.45, 2.75) is 9.79 Å². The summed E-state index contributed by atoms with van der Waals surface area (Å²) in [5.74, 6) is 0. The monoisotopic (exact) mass is 490 g/mol. The summed E-state index contributed by atoms with van der Waals surface area (Å²) in [5, 5.41) is 9.82. The predicted molar refractivity (Wildman–Crippen MR) is 126 cm³/mol. The van der Waals surface area contributed by atoms with Crippen LogP contribution in [0.2, 0.25) is 0 Å². The van der Waals surface area contributed by atoms with E-state index in [1.54, 1.807) is 48.5 Å². The summed E-state index contributed by atoms with van der Waals surface area (Å²) in [6.45, 7) is 0. The van der Waals surface area contributed by atoms with Crippen LogP contribution in [0, 0.1) is 0 Å². The van der Waals surface area contributed by atoms with Gasteiger partial charge in [-0.25, -0.2) is 0 Å². The second-order valence-electron chi connectivity index (χ2n) is 6.44. The molecule has 0 unspecified atom stereocenters. The first-order valence-electron chi connectivity index (χ1n) is 8.56. The fraction of sp³-hybridized carbons (Fsp3) is 0. The summed E-state index contributed by atoms with van der Waals surface area (Å²) >= 11 is 0. The standard InChI is InChI=1S/C20H14N2O6S2.2Na.2H/c23-29(24,25)19-10-9-18(16-7-3-4-8-17(16)19)22-21-14-11-13-5-1-2-6-15(13)20(12-14)30(26,27)28;;;;/h1-12H,(H,23,24,25)(H,26,27,28);;;;. The number of hydrogen-bond donors (Lipinski definition) is 2. The maximum atomic E-state index is 11.8. The molecule has 4 aromatic rings. The van der Waals surface area contributed by atoms with Crippen LogP contribution in [0.3, 0.4) is 0 Å². The maximum absolute atomic E-state index is 11.8. The van der Waals surface area contributed by atoms with Crippen molar-refractivity contribution in [2.75, 3.05) is 0 Å². The van der Waals surface area contributed by atoms with Crippen molar-refractivity contribution in [3.8, 4) is 0 Å². The second kappa shape index (κ2) is 10.4. The third-order valence-electron chi connectivity index (χ3n) is 4.50. The van der Waals surface area contributed by atoms with Gasteiger partial charge in [0.25, 0.3) is 20.2 Å². The molecule has 0 atom stereocenters. The zero-order chi connectivity index (χ0) is 21.5. The van der Waals surface area contributed by atoms with Crippen molar-refractivity contribution < 1.29 is 25.9 Å². The molecule has 4 aromatic carbocycles. The quantitative estimate of drug-likeness (QED) is 0.255. The molecule has 8 nitrogen and oxygen atoms in total. The van der Waals surface area contributed by atoms with Gasteiger partial charge in [-0.3, -0.25) is 9.11 Å². The molecule has 0 aromatic heterocycles. The summed E-state index contributed by atoms with van der Waals surface area (Å²) in [5.41, 5.74) is 0.504. The SMILES string of the molecule is O=S(=O)(O)c1cc(N=Nc2ccc(S(=O)(=O)O)c3ccccc23)cc2ccccc12.[NaH].[NaH]. The molecule has 0 aliphatic heterocycles. The van der Waals surface area contributed by atoms with Gasteiger partial charge in [-0.2, -0.15) is 21.9 Å². The van der Waals surface area contributed by atoms with E-state index >= 15 is 0 Å². The number of fused-ring (bicyclic) bond motifs is 2. The van der Waals surface area contributed by atoms with Crippen LogP contribution in [-0.4, -0.2) is 85.1 Å². The molecule has 0 bridgehead atoms. The fourth-order valence-corrected chi connectivity index (χ4v) is 4.64. The molecular formula is C20H16N2Na2O6S2. The normalized spacial score (nSPS) is 11.9. The summed E-state index contributed by atoms with van der Waals surface area (Å²) in [6.07, 6.45) is 0. The minimum absolute atomic E-state index is 0. The molecule has 0 amide bonds. The van der Waals surface area contributed by atoms with E-state index in [-0.39, 0.29) is 80.0 Å². The molecule has 12 heteroatoms. The molecular weight excluding hydrogens is 474 g/mol. The van der Waals surface area contributed by atoms with Crippen LogP contribution in [0.15, 0.2) is 92.8 Å². The molecule has 2 N–H and O–H groups in total. The Hall–Kier alpha value is -1.18. The molecule has 0 heterocycles. The molecule has 4 rings (SSSR count). The number of nitrogens with zero attached hydrogens (tertiary/aromatic N) is 2. The van der Waals surface area contributed by atoms with Gasteiger partial charge in [0.15, 0.2) is 0 Å². The molecule has 32 heavy (non-hydrogen) atoms. The zero-order valence-corrected chi connectivity index (χ0v) is 16.8. The van der Waals surface area contributed by atoms with Crippen molar-refractivity contribution in [1.29, 1.82) is 0 Å². The Morgan fingerprint density at radius 2 is 1.16 bits per heavy atom. The Bertz CT molecular complexity index is 1560. The van der Waals surface area contributed by atoms with Crippen LogP contribution in [0.4, 0.5) is 11.4 Å². The molecule has 0 aliphatic carbocycles. The van der Waals surface area contributed by atoms with E-state index in [1.807, 2.05) is 0 Å². The average molecular weight is 490 g/mol. The summed E-state index contributed by atoms with van der Waals surface area (Å²) in [4.78, 5) is -0.544. The molecule has 156 valence electrons. The first-order valence-corrected chi connectivity index (χ1v) is 11.4. The van der Waals surface area contributed by atoms with Crippen molar-refractivity contribution in [3.05, 3.63) is 72.8 Å². The predicted octanol–water partition coefficient (Wildman–Crippen LogP) is 3.60. The van der Waals surface area contributed by atoms with Gasteiger partial charge in [-0.15, -0.1) is 5.11 Å². The Morgan fingerprint density at radius 1 is 0.594 bits per heavy atom. The summed E-state index contributed by atoms with van der Waals surface area (Å²) in [6, 6.07) is 18.5. The van der Waals surface area contributed by atoms with Gasteiger partial charge in [0.1, 0.15) is 9.79 Å². The molecule has 0 aliphatic rings. The van der Waals surface area contributed by atoms with Crippen LogP contribution < -0.4 is 0 Å². The van der Waals surface area contributed by atoms with Crippen LogP contribution in [0.5, 0.6) is 0 Å². The summed E-state index contributed by atoms with van der Waals surface area (Å²) in [7, 11) is -8.91. The van der Waals surface area contributed by atoms with E-state index in [9.17, 15) is 25.9 Å². The van der Waals surface area contributed by atoms with Crippen molar-refractivity contribution >= 4 is 112 Å². The van der Waals surface area contributed by atoms with Crippen molar-refractivity contribution in [2.24, 2.45) is 10.2 Å². The number of azo groups is 1. The topological polar surface area (TPSA) is 133 Å². The van der Waals surface area contributed by atoms with E-state index in [0.717, 1.165) is 0 Å². The third-order valence-corrected chi connectivity index (χ3v) is 6.30. The van der Waals surface area contributed by atoms with E-state index in [1.165, 1.54) is 24.3 Å². The van der Waals surface area contributed by atoms with Gasteiger partial charge in [0, 0.05) is 16.2 Å². The minimum atomic E-state index is -4.49. The Kier molecular flexibility index (Phi) is 8.79. The van der Waals surface area contributed by atoms with E-state index in [2.05, 4.69) is 10.2 Å². The van der Waals surface area contributed by atoms with E-state index in [4.69, 9.17) is 0 Å². The van der Waals surface area contributed by atoms with Gasteiger partial charge in [0.2, 0.25) is 0 Å². The zero-order valence-electron chi connectivity index (χ0n) is 15.2. The van der Waals surface area contributed by atoms with E-state index < -0.39 is 20.2 Å². The molecule has 0 saturated heterocycles. The Balaban J connectivity index is 0.00000181. The fourth-order valence-electron chi connectivity index (χ4n) is 3.21. The third kappa shape index (κ3) is 5.65. The van der Waals surface area contributed by atoms with Crippen molar-refractivity contribution in [3.63, 3.8) is 0 Å². The van der Waals surface area contributed by atoms with Crippen LogP contribution in [0.1, 0.15) is 0 Å². The van der Waals surface area contributed by atoms with Gasteiger partial charge in [-0.1, -0.05) is 48.5 Å². The molecule has 0 spiro atoms. The first-order chi connectivity index (χ1) is 14.1. The Morgan fingerprint density at radius 3 is 1.78 bits per heavy atom. The van der Waals surface area contributed by atoms with Crippen molar-refractivity contribution in [1.82, 2.24) is 0 Å². The average Bonchev–Trinajstić information content (AvgIpc) is 2.69. The van der Waals surface area contributed by atoms with Gasteiger partial charge < -0.3 is 0 Å².